The summed E-state index contributed by atoms with van der Waals surface area (Å²) in [4.78, 5) is 0. The zero-order chi connectivity index (χ0) is 4.41. The molecule has 0 aromatic heterocycles. The first-order chi connectivity index (χ1) is 2.93. The lowest BCUT2D eigenvalue weighted by atomic mass is 10.6. The second-order valence-corrected chi connectivity index (χ2v) is 1.06. The molecule has 3 nitrogen and oxygen atoms in total. The Hall–Kier alpha value is -0.120. The van der Waals surface area contributed by atoms with Crippen LogP contribution in [-0.2, 0) is 9.47 Å². The van der Waals surface area contributed by atoms with Crippen LogP contribution in [-0.4, -0.2) is 24.8 Å². The van der Waals surface area contributed by atoms with Crippen molar-refractivity contribution in [2.24, 2.45) is 0 Å². The van der Waals surface area contributed by atoms with E-state index >= 15 is 0 Å². The highest BCUT2D eigenvalue weighted by molar-refractivity contribution is 4.41. The highest BCUT2D eigenvalue weighted by atomic mass is 16.9. The summed E-state index contributed by atoms with van der Waals surface area (Å²) in [6, 6.07) is 0. The Balaban J connectivity index is 2.01. The minimum Gasteiger partial charge on any atom is -0.391 e. The molecule has 1 N–H and O–H groups in total. The van der Waals surface area contributed by atoms with Crippen molar-refractivity contribution in [2.45, 2.75) is 6.29 Å². The van der Waals surface area contributed by atoms with Gasteiger partial charge in [-0.3, -0.25) is 0 Å². The molecule has 3 heteroatoms. The maximum atomic E-state index is 8.14. The third kappa shape index (κ3) is 0.518. The first-order valence-corrected chi connectivity index (χ1v) is 1.77. The standard InChI is InChI=1S/C3H6O3/c4-1-3-5-2-6-3/h3-4H,1-2H2. The summed E-state index contributed by atoms with van der Waals surface area (Å²) in [6.07, 6.45) is -0.329. The van der Waals surface area contributed by atoms with Crippen LogP contribution in [0.15, 0.2) is 0 Å². The second-order valence-electron chi connectivity index (χ2n) is 1.06. The van der Waals surface area contributed by atoms with E-state index in [-0.39, 0.29) is 12.9 Å². The van der Waals surface area contributed by atoms with Crippen LogP contribution in [0.1, 0.15) is 0 Å². The average molecular weight is 90.1 g/mol. The van der Waals surface area contributed by atoms with Gasteiger partial charge in [0.2, 0.25) is 0 Å². The predicted molar refractivity (Wildman–Crippen MR) is 17.9 cm³/mol. The number of aliphatic hydroxyl groups excluding tert-OH is 1. The maximum absolute atomic E-state index is 8.14. The summed E-state index contributed by atoms with van der Waals surface area (Å²) < 4.78 is 9.22. The van der Waals surface area contributed by atoms with E-state index in [1.807, 2.05) is 0 Å². The van der Waals surface area contributed by atoms with Crippen molar-refractivity contribution in [3.8, 4) is 0 Å². The van der Waals surface area contributed by atoms with Crippen LogP contribution in [0.25, 0.3) is 0 Å². The Bertz CT molecular complexity index is 38.5. The lowest BCUT2D eigenvalue weighted by Crippen LogP contribution is -2.33. The van der Waals surface area contributed by atoms with Gasteiger partial charge in [0.15, 0.2) is 13.1 Å². The van der Waals surface area contributed by atoms with Gasteiger partial charge in [-0.15, -0.1) is 0 Å². The minimum absolute atomic E-state index is 0.0278. The van der Waals surface area contributed by atoms with Gasteiger partial charge < -0.3 is 14.6 Å². The molecule has 0 unspecified atom stereocenters. The summed E-state index contributed by atoms with van der Waals surface area (Å²) in [6.45, 7) is 0.311. The topological polar surface area (TPSA) is 38.7 Å². The molecule has 1 aliphatic rings. The molecular weight excluding hydrogens is 84.0 g/mol. The van der Waals surface area contributed by atoms with E-state index in [0.717, 1.165) is 0 Å². The highest BCUT2D eigenvalue weighted by Gasteiger charge is 2.15. The summed E-state index contributed by atoms with van der Waals surface area (Å²) in [5.74, 6) is 0. The van der Waals surface area contributed by atoms with Crippen molar-refractivity contribution >= 4 is 0 Å². The van der Waals surface area contributed by atoms with Gasteiger partial charge in [0.05, 0.1) is 6.61 Å². The summed E-state index contributed by atoms with van der Waals surface area (Å²) in [7, 11) is 0. The van der Waals surface area contributed by atoms with E-state index in [1.54, 1.807) is 0 Å². The molecule has 1 fully saturated rings. The van der Waals surface area contributed by atoms with E-state index < -0.39 is 0 Å². The third-order valence-corrected chi connectivity index (χ3v) is 0.657. The molecule has 0 aromatic rings. The molecule has 1 saturated heterocycles. The summed E-state index contributed by atoms with van der Waals surface area (Å²) >= 11 is 0. The largest absolute Gasteiger partial charge is 0.391 e. The zero-order valence-electron chi connectivity index (χ0n) is 3.26. The fourth-order valence-corrected chi connectivity index (χ4v) is 0.270. The Morgan fingerprint density at radius 2 is 2.33 bits per heavy atom. The Morgan fingerprint density at radius 1 is 1.67 bits per heavy atom. The van der Waals surface area contributed by atoms with Crippen LogP contribution in [0.3, 0.4) is 0 Å². The SMILES string of the molecule is OCC1OCO1. The zero-order valence-corrected chi connectivity index (χ0v) is 3.26. The fraction of sp³-hybridized carbons (Fsp3) is 1.00. The molecule has 0 aliphatic carbocycles. The molecule has 0 amide bonds. The fourth-order valence-electron chi connectivity index (χ4n) is 0.270. The first-order valence-electron chi connectivity index (χ1n) is 1.77. The van der Waals surface area contributed by atoms with E-state index in [9.17, 15) is 0 Å². The smallest absolute Gasteiger partial charge is 0.186 e. The first kappa shape index (κ1) is 4.05. The van der Waals surface area contributed by atoms with Crippen LogP contribution in [0.4, 0.5) is 0 Å². The quantitative estimate of drug-likeness (QED) is 0.463. The van der Waals surface area contributed by atoms with Gasteiger partial charge in [-0.25, -0.2) is 0 Å². The van der Waals surface area contributed by atoms with Crippen molar-refractivity contribution in [3.05, 3.63) is 0 Å². The summed E-state index contributed by atoms with van der Waals surface area (Å²) in [5, 5.41) is 8.14. The Kier molecular flexibility index (Phi) is 1.05. The summed E-state index contributed by atoms with van der Waals surface area (Å²) in [5.41, 5.74) is 0. The number of hydrogen-bond acceptors (Lipinski definition) is 3. The van der Waals surface area contributed by atoms with Crippen molar-refractivity contribution in [2.75, 3.05) is 13.4 Å². The normalized spacial score (nSPS) is 23.5. The molecule has 0 spiro atoms. The van der Waals surface area contributed by atoms with E-state index in [1.165, 1.54) is 0 Å². The number of hydrogen-bond donors (Lipinski definition) is 1. The molecule has 1 aliphatic heterocycles. The van der Waals surface area contributed by atoms with Crippen LogP contribution in [0, 0.1) is 0 Å². The van der Waals surface area contributed by atoms with Gasteiger partial charge in [-0.05, 0) is 0 Å². The molecule has 0 atom stereocenters. The number of aliphatic hydroxyl groups is 1. The average Bonchev–Trinajstić information content (AvgIpc) is 1.31. The van der Waals surface area contributed by atoms with Crippen molar-refractivity contribution < 1.29 is 14.6 Å². The van der Waals surface area contributed by atoms with E-state index in [0.29, 0.717) is 6.79 Å². The molecule has 6 heavy (non-hydrogen) atoms. The molecular formula is C3H6O3. The van der Waals surface area contributed by atoms with Gasteiger partial charge in [-0.1, -0.05) is 0 Å². The van der Waals surface area contributed by atoms with Crippen LogP contribution >= 0.6 is 0 Å². The van der Waals surface area contributed by atoms with E-state index in [2.05, 4.69) is 9.47 Å². The number of rotatable bonds is 1. The number of ether oxygens (including phenoxy) is 2. The Morgan fingerprint density at radius 3 is 2.33 bits per heavy atom. The maximum Gasteiger partial charge on any atom is 0.186 e. The van der Waals surface area contributed by atoms with Crippen molar-refractivity contribution in [1.29, 1.82) is 0 Å². The lowest BCUT2D eigenvalue weighted by molar-refractivity contribution is -0.329. The predicted octanol–water partition coefficient (Wildman–Crippen LogP) is -0.691. The van der Waals surface area contributed by atoms with E-state index in [4.69, 9.17) is 5.11 Å². The lowest BCUT2D eigenvalue weighted by Gasteiger charge is -2.23. The van der Waals surface area contributed by atoms with Crippen LogP contribution in [0.5, 0.6) is 0 Å². The van der Waals surface area contributed by atoms with Crippen LogP contribution < -0.4 is 0 Å². The molecule has 0 radical (unpaired) electrons. The molecule has 36 valence electrons. The highest BCUT2D eigenvalue weighted by Crippen LogP contribution is 2.03. The van der Waals surface area contributed by atoms with Gasteiger partial charge >= 0.3 is 0 Å². The Labute approximate surface area is 35.5 Å². The monoisotopic (exact) mass is 90.0 g/mol. The molecule has 0 bridgehead atoms. The van der Waals surface area contributed by atoms with Gasteiger partial charge in [0.1, 0.15) is 0 Å². The molecule has 0 saturated carbocycles. The van der Waals surface area contributed by atoms with Crippen molar-refractivity contribution in [3.63, 3.8) is 0 Å². The van der Waals surface area contributed by atoms with Crippen LogP contribution in [0.2, 0.25) is 0 Å². The van der Waals surface area contributed by atoms with Gasteiger partial charge in [0, 0.05) is 0 Å². The van der Waals surface area contributed by atoms with Gasteiger partial charge in [0.25, 0.3) is 0 Å². The molecule has 1 heterocycles. The third-order valence-electron chi connectivity index (χ3n) is 0.657. The molecule has 0 aromatic carbocycles. The molecule has 1 rings (SSSR count). The van der Waals surface area contributed by atoms with Crippen molar-refractivity contribution in [1.82, 2.24) is 0 Å². The minimum atomic E-state index is -0.329. The van der Waals surface area contributed by atoms with Gasteiger partial charge in [-0.2, -0.15) is 0 Å². The second kappa shape index (κ2) is 1.55.